The van der Waals surface area contributed by atoms with Gasteiger partial charge in [-0.1, -0.05) is 6.07 Å². The maximum atomic E-state index is 13.4. The van der Waals surface area contributed by atoms with Crippen molar-refractivity contribution in [2.45, 2.75) is 6.18 Å². The van der Waals surface area contributed by atoms with E-state index in [2.05, 4.69) is 10.3 Å². The van der Waals surface area contributed by atoms with Gasteiger partial charge in [0.05, 0.1) is 50.3 Å². The molecule has 0 unspecified atom stereocenters. The lowest BCUT2D eigenvalue weighted by Crippen LogP contribution is -2.46. The highest BCUT2D eigenvalue weighted by Gasteiger charge is 2.33. The first-order chi connectivity index (χ1) is 22.8. The number of carbonyl (C=O) groups is 6. The number of amides is 1. The number of nitrogens with one attached hydrogen (secondary N) is 2. The summed E-state index contributed by atoms with van der Waals surface area (Å²) in [6, 6.07) is 3.72. The molecule has 18 nitrogen and oxygen atoms in total. The SMILES string of the molecule is O=C(O)CN(CCN(CCN(CC(=O)O)CC(=O)Nc1ccc2c(C(F)(F)F)cc(=O)[nH]c2c1)CC(=O)O)CCN(CC(=O)O)CC(=O)O. The fourth-order valence-electron chi connectivity index (χ4n) is 4.75. The van der Waals surface area contributed by atoms with Gasteiger partial charge in [-0.25, -0.2) is 0 Å². The number of alkyl halides is 3. The van der Waals surface area contributed by atoms with Crippen molar-refractivity contribution < 1.29 is 67.5 Å². The molecular formula is C28H35F3N6O12. The predicted molar refractivity (Wildman–Crippen MR) is 162 cm³/mol. The van der Waals surface area contributed by atoms with Gasteiger partial charge in [0.15, 0.2) is 0 Å². The minimum absolute atomic E-state index is 0.000880. The van der Waals surface area contributed by atoms with Crippen molar-refractivity contribution in [2.24, 2.45) is 0 Å². The molecule has 0 aliphatic heterocycles. The van der Waals surface area contributed by atoms with Crippen LogP contribution in [0, 0.1) is 0 Å². The molecule has 1 aromatic carbocycles. The summed E-state index contributed by atoms with van der Waals surface area (Å²) in [6.45, 7) is -4.19. The van der Waals surface area contributed by atoms with Gasteiger partial charge in [0, 0.05) is 56.4 Å². The van der Waals surface area contributed by atoms with Gasteiger partial charge in [-0.3, -0.25) is 53.2 Å². The van der Waals surface area contributed by atoms with Crippen LogP contribution in [0.1, 0.15) is 5.56 Å². The van der Waals surface area contributed by atoms with Crippen molar-refractivity contribution in [3.8, 4) is 0 Å². The Bertz CT molecular complexity index is 1570. The quantitative estimate of drug-likeness (QED) is 0.0785. The molecule has 0 bridgehead atoms. The number of nitrogens with zero attached hydrogens (tertiary/aromatic N) is 4. The van der Waals surface area contributed by atoms with Crippen LogP contribution in [0.2, 0.25) is 0 Å². The lowest BCUT2D eigenvalue weighted by Gasteiger charge is -2.29. The third kappa shape index (κ3) is 15.1. The monoisotopic (exact) mass is 704 g/mol. The number of benzene rings is 1. The fourth-order valence-corrected chi connectivity index (χ4v) is 4.75. The van der Waals surface area contributed by atoms with Crippen molar-refractivity contribution in [3.05, 3.63) is 40.2 Å². The summed E-state index contributed by atoms with van der Waals surface area (Å²) in [4.78, 5) is 88.3. The summed E-state index contributed by atoms with van der Waals surface area (Å²) < 4.78 is 40.1. The number of carboxylic acid groups (broad SMARTS) is 5. The van der Waals surface area contributed by atoms with Gasteiger partial charge in [0.25, 0.3) is 0 Å². The lowest BCUT2D eigenvalue weighted by molar-refractivity contribution is -0.143. The zero-order valence-electron chi connectivity index (χ0n) is 25.8. The maximum absolute atomic E-state index is 13.4. The van der Waals surface area contributed by atoms with Gasteiger partial charge in [0.2, 0.25) is 11.5 Å². The van der Waals surface area contributed by atoms with E-state index >= 15 is 0 Å². The van der Waals surface area contributed by atoms with E-state index < -0.39 is 92.3 Å². The van der Waals surface area contributed by atoms with Gasteiger partial charge in [-0.05, 0) is 12.1 Å². The van der Waals surface area contributed by atoms with Crippen LogP contribution in [-0.2, 0) is 34.9 Å². The van der Waals surface area contributed by atoms with Crippen LogP contribution in [-0.4, -0.2) is 164 Å². The highest BCUT2D eigenvalue weighted by Crippen LogP contribution is 2.33. The Morgan fingerprint density at radius 3 is 1.41 bits per heavy atom. The number of aromatic nitrogens is 1. The van der Waals surface area contributed by atoms with E-state index in [9.17, 15) is 62.1 Å². The summed E-state index contributed by atoms with van der Waals surface area (Å²) in [7, 11) is 0. The van der Waals surface area contributed by atoms with Crippen molar-refractivity contribution in [2.75, 3.05) is 83.9 Å². The number of rotatable bonds is 22. The van der Waals surface area contributed by atoms with Crippen LogP contribution < -0.4 is 10.9 Å². The lowest BCUT2D eigenvalue weighted by atomic mass is 10.1. The Morgan fingerprint density at radius 1 is 0.612 bits per heavy atom. The van der Waals surface area contributed by atoms with Gasteiger partial charge >= 0.3 is 36.0 Å². The molecule has 0 aliphatic carbocycles. The molecule has 2 rings (SSSR count). The zero-order chi connectivity index (χ0) is 36.9. The van der Waals surface area contributed by atoms with Crippen LogP contribution in [0.3, 0.4) is 0 Å². The number of fused-ring (bicyclic) bond motifs is 1. The Labute approximate surface area is 274 Å². The molecule has 0 fully saturated rings. The van der Waals surface area contributed by atoms with E-state index in [1.807, 2.05) is 0 Å². The number of halogens is 3. The Morgan fingerprint density at radius 2 is 1.00 bits per heavy atom. The number of H-pyrrole nitrogens is 1. The van der Waals surface area contributed by atoms with E-state index in [1.54, 1.807) is 0 Å². The van der Waals surface area contributed by atoms with Crippen LogP contribution in [0.15, 0.2) is 29.1 Å². The van der Waals surface area contributed by atoms with Gasteiger partial charge in [-0.2, -0.15) is 13.2 Å². The summed E-state index contributed by atoms with van der Waals surface area (Å²) in [5.41, 5.74) is -2.41. The van der Waals surface area contributed by atoms with Crippen LogP contribution >= 0.6 is 0 Å². The minimum atomic E-state index is -4.82. The smallest absolute Gasteiger partial charge is 0.417 e. The number of anilines is 1. The van der Waals surface area contributed by atoms with Gasteiger partial charge in [-0.15, -0.1) is 0 Å². The maximum Gasteiger partial charge on any atom is 0.417 e. The van der Waals surface area contributed by atoms with Crippen molar-refractivity contribution in [1.29, 1.82) is 0 Å². The summed E-state index contributed by atoms with van der Waals surface area (Å²) >= 11 is 0. The molecule has 270 valence electrons. The summed E-state index contributed by atoms with van der Waals surface area (Å²) in [6.07, 6.45) is -4.82. The third-order valence-corrected chi connectivity index (χ3v) is 6.79. The second-order valence-electron chi connectivity index (χ2n) is 10.8. The molecule has 21 heteroatoms. The van der Waals surface area contributed by atoms with Gasteiger partial charge in [0.1, 0.15) is 0 Å². The highest BCUT2D eigenvalue weighted by molar-refractivity contribution is 5.95. The number of pyridine rings is 1. The molecule has 0 radical (unpaired) electrons. The Hall–Kier alpha value is -5.12. The first-order valence-electron chi connectivity index (χ1n) is 14.3. The number of carboxylic acids is 5. The third-order valence-electron chi connectivity index (χ3n) is 6.79. The fraction of sp³-hybridized carbons (Fsp3) is 0.464. The Kier molecular flexibility index (Phi) is 15.1. The zero-order valence-corrected chi connectivity index (χ0v) is 25.8. The summed E-state index contributed by atoms with van der Waals surface area (Å²) in [5.74, 6) is -7.24. The number of hydrogen-bond acceptors (Lipinski definition) is 11. The number of hydrogen-bond donors (Lipinski definition) is 7. The molecule has 1 aromatic heterocycles. The number of aromatic amines is 1. The molecule has 0 spiro atoms. The van der Waals surface area contributed by atoms with E-state index in [1.165, 1.54) is 9.80 Å². The topological polar surface area (TPSA) is 261 Å². The largest absolute Gasteiger partial charge is 0.480 e. The van der Waals surface area contributed by atoms with Crippen molar-refractivity contribution in [3.63, 3.8) is 0 Å². The van der Waals surface area contributed by atoms with E-state index in [0.29, 0.717) is 6.07 Å². The van der Waals surface area contributed by atoms with E-state index in [4.69, 9.17) is 10.2 Å². The van der Waals surface area contributed by atoms with Gasteiger partial charge < -0.3 is 35.8 Å². The second-order valence-corrected chi connectivity index (χ2v) is 10.8. The molecule has 49 heavy (non-hydrogen) atoms. The molecule has 0 saturated carbocycles. The van der Waals surface area contributed by atoms with E-state index in [-0.39, 0.29) is 55.9 Å². The van der Waals surface area contributed by atoms with Crippen LogP contribution in [0.5, 0.6) is 0 Å². The molecule has 0 saturated heterocycles. The molecule has 1 amide bonds. The van der Waals surface area contributed by atoms with Crippen molar-refractivity contribution in [1.82, 2.24) is 24.6 Å². The van der Waals surface area contributed by atoms with Crippen molar-refractivity contribution >= 4 is 52.3 Å². The predicted octanol–water partition coefficient (Wildman–Crippen LogP) is -0.884. The standard InChI is InChI=1S/C28H35F3N6O12/c29-28(30,31)19-10-21(38)33-20-9-17(1-2-18(19)20)32-22(39)11-36(14-25(44)45)7-5-34(12-23(40)41)3-4-35(13-24(42)43)6-8-37(15-26(46)47)16-27(48)49/h1-2,9-10H,3-8,11-16H2,(H,32,39)(H,33,38)(H,40,41)(H,42,43)(H,44,45)(H,46,47)(H,48,49). The molecule has 1 heterocycles. The molecule has 0 aliphatic rings. The minimum Gasteiger partial charge on any atom is -0.480 e. The first kappa shape index (κ1) is 40.1. The second kappa shape index (κ2) is 18.4. The normalized spacial score (nSPS) is 11.8. The van der Waals surface area contributed by atoms with Crippen LogP contribution in [0.4, 0.5) is 18.9 Å². The molecular weight excluding hydrogens is 669 g/mol. The average Bonchev–Trinajstić information content (AvgIpc) is 2.94. The molecule has 2 aromatic rings. The summed E-state index contributed by atoms with van der Waals surface area (Å²) in [5, 5.41) is 48.2. The number of carbonyl (C=O) groups excluding carboxylic acids is 1. The number of aliphatic carboxylic acids is 5. The highest BCUT2D eigenvalue weighted by atomic mass is 19.4. The molecule has 0 atom stereocenters. The molecule has 7 N–H and O–H groups in total. The first-order valence-corrected chi connectivity index (χ1v) is 14.3. The average molecular weight is 705 g/mol. The van der Waals surface area contributed by atoms with Crippen LogP contribution in [0.25, 0.3) is 10.9 Å². The Balaban J connectivity index is 2.11. The van der Waals surface area contributed by atoms with E-state index in [0.717, 1.165) is 28.0 Å².